The first-order valence-corrected chi connectivity index (χ1v) is 6.80. The lowest BCUT2D eigenvalue weighted by Gasteiger charge is -2.33. The number of hydrogen-bond acceptors (Lipinski definition) is 2. The number of carbonyl (C=O) groups excluding carboxylic acids is 1. The number of amides is 1. The highest BCUT2D eigenvalue weighted by Crippen LogP contribution is 2.34. The van der Waals surface area contributed by atoms with Gasteiger partial charge in [0.15, 0.2) is 0 Å². The van der Waals surface area contributed by atoms with Crippen molar-refractivity contribution in [1.29, 1.82) is 0 Å². The van der Waals surface area contributed by atoms with E-state index in [0.29, 0.717) is 12.8 Å². The van der Waals surface area contributed by atoms with E-state index in [0.717, 1.165) is 32.1 Å². The van der Waals surface area contributed by atoms with Crippen LogP contribution < -0.4 is 0 Å². The smallest absolute Gasteiger partial charge is 0.255 e. The lowest BCUT2D eigenvalue weighted by Crippen LogP contribution is -2.43. The van der Waals surface area contributed by atoms with Crippen molar-refractivity contribution in [3.8, 4) is 0 Å². The second-order valence-corrected chi connectivity index (χ2v) is 5.63. The summed E-state index contributed by atoms with van der Waals surface area (Å²) in [5, 5.41) is 10.3. The number of hydrogen-bond donors (Lipinski definition) is 1. The molecule has 3 nitrogen and oxygen atoms in total. The fourth-order valence-electron chi connectivity index (χ4n) is 2.76. The van der Waals surface area contributed by atoms with Gasteiger partial charge in [0, 0.05) is 6.04 Å². The van der Waals surface area contributed by atoms with Crippen LogP contribution in [-0.4, -0.2) is 40.5 Å². The minimum Gasteiger partial charge on any atom is -0.389 e. The van der Waals surface area contributed by atoms with Gasteiger partial charge < -0.3 is 10.0 Å². The topological polar surface area (TPSA) is 40.5 Å². The Hall–Kier alpha value is -0.710. The Bertz CT molecular complexity index is 299. The summed E-state index contributed by atoms with van der Waals surface area (Å²) >= 11 is 0. The normalized spacial score (nSPS) is 23.1. The molecule has 1 N–H and O–H groups in total. The Morgan fingerprint density at radius 1 is 1.28 bits per heavy atom. The summed E-state index contributed by atoms with van der Waals surface area (Å²) in [6, 6.07) is -0.0151. The van der Waals surface area contributed by atoms with Crippen molar-refractivity contribution < 1.29 is 18.7 Å². The second kappa shape index (κ2) is 5.51. The van der Waals surface area contributed by atoms with Gasteiger partial charge >= 0.3 is 0 Å². The van der Waals surface area contributed by atoms with Crippen LogP contribution >= 0.6 is 0 Å². The van der Waals surface area contributed by atoms with E-state index < -0.39 is 18.6 Å². The van der Waals surface area contributed by atoms with Gasteiger partial charge in [-0.15, -0.1) is 0 Å². The zero-order chi connectivity index (χ0) is 13.2. The van der Waals surface area contributed by atoms with Crippen molar-refractivity contribution in [1.82, 2.24) is 4.90 Å². The number of aliphatic hydroxyl groups is 1. The van der Waals surface area contributed by atoms with E-state index in [1.165, 1.54) is 4.90 Å². The van der Waals surface area contributed by atoms with E-state index >= 15 is 0 Å². The minimum absolute atomic E-state index is 0.0101. The van der Waals surface area contributed by atoms with Gasteiger partial charge in [-0.2, -0.15) is 0 Å². The number of carbonyl (C=O) groups is 1. The van der Waals surface area contributed by atoms with Gasteiger partial charge in [0.1, 0.15) is 0 Å². The third-order valence-electron chi connectivity index (χ3n) is 3.91. The van der Waals surface area contributed by atoms with Crippen LogP contribution in [-0.2, 0) is 4.79 Å². The molecular formula is C13H21F2NO2. The van der Waals surface area contributed by atoms with E-state index in [9.17, 15) is 18.7 Å². The van der Waals surface area contributed by atoms with Crippen molar-refractivity contribution in [3.63, 3.8) is 0 Å². The molecule has 5 heteroatoms. The Balaban J connectivity index is 1.91. The van der Waals surface area contributed by atoms with E-state index in [1.54, 1.807) is 0 Å². The molecule has 0 saturated heterocycles. The van der Waals surface area contributed by atoms with Crippen molar-refractivity contribution >= 4 is 5.91 Å². The summed E-state index contributed by atoms with van der Waals surface area (Å²) in [5.74, 6) is -0.304. The molecule has 2 aliphatic carbocycles. The molecule has 0 unspecified atom stereocenters. The summed E-state index contributed by atoms with van der Waals surface area (Å²) in [7, 11) is 0. The highest BCUT2D eigenvalue weighted by Gasteiger charge is 2.38. The highest BCUT2D eigenvalue weighted by molar-refractivity contribution is 5.78. The zero-order valence-corrected chi connectivity index (χ0v) is 10.6. The van der Waals surface area contributed by atoms with Crippen LogP contribution in [0.3, 0.4) is 0 Å². The molecule has 0 bridgehead atoms. The average molecular weight is 261 g/mol. The lowest BCUT2D eigenvalue weighted by molar-refractivity contribution is -0.140. The monoisotopic (exact) mass is 261 g/mol. The van der Waals surface area contributed by atoms with Gasteiger partial charge in [-0.1, -0.05) is 19.3 Å². The fourth-order valence-corrected chi connectivity index (χ4v) is 2.76. The average Bonchev–Trinajstić information content (AvgIpc) is 3.09. The molecule has 2 saturated carbocycles. The van der Waals surface area contributed by atoms with Gasteiger partial charge in [-0.05, 0) is 25.7 Å². The molecule has 2 fully saturated rings. The van der Waals surface area contributed by atoms with Gasteiger partial charge in [-0.25, -0.2) is 8.78 Å². The SMILES string of the molecule is O=C(CC1(O)CCCCC1)N(CC(F)F)C1CC1. The Labute approximate surface area is 106 Å². The summed E-state index contributed by atoms with van der Waals surface area (Å²) in [6.45, 7) is -0.487. The molecule has 0 aromatic carbocycles. The molecule has 18 heavy (non-hydrogen) atoms. The van der Waals surface area contributed by atoms with E-state index in [2.05, 4.69) is 0 Å². The van der Waals surface area contributed by atoms with Gasteiger partial charge in [0.05, 0.1) is 18.6 Å². The van der Waals surface area contributed by atoms with Gasteiger partial charge in [0.2, 0.25) is 5.91 Å². The summed E-state index contributed by atoms with van der Waals surface area (Å²) in [4.78, 5) is 13.3. The third-order valence-corrected chi connectivity index (χ3v) is 3.91. The molecule has 0 spiro atoms. The van der Waals surface area contributed by atoms with E-state index in [4.69, 9.17) is 0 Å². The van der Waals surface area contributed by atoms with Crippen LogP contribution in [0.5, 0.6) is 0 Å². The molecule has 0 aromatic rings. The molecule has 0 aromatic heterocycles. The van der Waals surface area contributed by atoms with Crippen LogP contribution in [0.25, 0.3) is 0 Å². The maximum Gasteiger partial charge on any atom is 0.255 e. The predicted octanol–water partition coefficient (Wildman–Crippen LogP) is 2.33. The lowest BCUT2D eigenvalue weighted by atomic mass is 9.82. The molecule has 104 valence electrons. The predicted molar refractivity (Wildman–Crippen MR) is 63.4 cm³/mol. The number of rotatable bonds is 5. The van der Waals surface area contributed by atoms with Crippen LogP contribution in [0.15, 0.2) is 0 Å². The molecule has 1 amide bonds. The number of halogens is 2. The summed E-state index contributed by atoms with van der Waals surface area (Å²) in [5.41, 5.74) is -0.954. The standard InChI is InChI=1S/C13H21F2NO2/c14-11(15)9-16(10-4-5-10)12(17)8-13(18)6-2-1-3-7-13/h10-11,18H,1-9H2. The molecule has 2 rings (SSSR count). The van der Waals surface area contributed by atoms with Crippen molar-refractivity contribution in [3.05, 3.63) is 0 Å². The van der Waals surface area contributed by atoms with Crippen LogP contribution in [0.4, 0.5) is 8.78 Å². The van der Waals surface area contributed by atoms with Crippen LogP contribution in [0, 0.1) is 0 Å². The van der Waals surface area contributed by atoms with Crippen molar-refractivity contribution in [2.75, 3.05) is 6.54 Å². The van der Waals surface area contributed by atoms with Crippen LogP contribution in [0.2, 0.25) is 0 Å². The minimum atomic E-state index is -2.49. The van der Waals surface area contributed by atoms with Crippen LogP contribution in [0.1, 0.15) is 51.4 Å². The molecule has 2 aliphatic rings. The van der Waals surface area contributed by atoms with Crippen molar-refractivity contribution in [2.24, 2.45) is 0 Å². The maximum absolute atomic E-state index is 12.5. The first-order valence-electron chi connectivity index (χ1n) is 6.80. The summed E-state index contributed by atoms with van der Waals surface area (Å²) in [6.07, 6.45) is 3.31. The number of alkyl halides is 2. The fraction of sp³-hybridized carbons (Fsp3) is 0.923. The molecule has 0 atom stereocenters. The molecule has 0 aliphatic heterocycles. The first-order chi connectivity index (χ1) is 8.50. The first kappa shape index (κ1) is 13.7. The third kappa shape index (κ3) is 3.64. The summed E-state index contributed by atoms with van der Waals surface area (Å²) < 4.78 is 24.9. The Morgan fingerprint density at radius 2 is 1.89 bits per heavy atom. The highest BCUT2D eigenvalue weighted by atomic mass is 19.3. The maximum atomic E-state index is 12.5. The molecular weight excluding hydrogens is 240 g/mol. The van der Waals surface area contributed by atoms with Gasteiger partial charge in [0.25, 0.3) is 6.43 Å². The Morgan fingerprint density at radius 3 is 2.39 bits per heavy atom. The second-order valence-electron chi connectivity index (χ2n) is 5.63. The van der Waals surface area contributed by atoms with Crippen molar-refractivity contribution in [2.45, 2.75) is 69.4 Å². The zero-order valence-electron chi connectivity index (χ0n) is 10.6. The Kier molecular flexibility index (Phi) is 4.20. The molecule has 0 heterocycles. The quantitative estimate of drug-likeness (QED) is 0.825. The van der Waals surface area contributed by atoms with E-state index in [-0.39, 0.29) is 18.4 Å². The van der Waals surface area contributed by atoms with E-state index in [1.807, 2.05) is 0 Å². The largest absolute Gasteiger partial charge is 0.389 e. The van der Waals surface area contributed by atoms with Gasteiger partial charge in [-0.3, -0.25) is 4.79 Å². The molecule has 0 radical (unpaired) electrons. The number of nitrogens with zero attached hydrogens (tertiary/aromatic N) is 1.